The van der Waals surface area contributed by atoms with Crippen molar-refractivity contribution in [2.45, 2.75) is 296 Å². The monoisotopic (exact) mass is 980 g/mol. The van der Waals surface area contributed by atoms with E-state index in [2.05, 4.69) is 50.3 Å². The number of hydrogen-bond donors (Lipinski definition) is 2. The van der Waals surface area contributed by atoms with Gasteiger partial charge in [0.15, 0.2) is 6.10 Å². The topological polar surface area (TPSA) is 134 Å². The standard InChI is InChI=1S/C58H110NO8P/c1-3-5-7-9-11-13-15-16-17-18-19-20-21-22-23-24-25-26-27-28-29-30-31-32-33-34-35-36-37-38-39-40-41-43-45-47-49-51-58(61)67-56(55-66-68(62,63)65-53-52-59)54-64-57(60)50-48-46-44-42-14-12-10-8-6-4-2/h8,10,15-16,18-19,56H,3-7,9,11-14,17,20-55,59H2,1-2H3,(H,62,63)/b10-8-,16-15-,19-18-. The fraction of sp³-hybridized carbons (Fsp3) is 0.862. The van der Waals surface area contributed by atoms with Crippen molar-refractivity contribution in [1.82, 2.24) is 0 Å². The van der Waals surface area contributed by atoms with E-state index >= 15 is 0 Å². The summed E-state index contributed by atoms with van der Waals surface area (Å²) in [5, 5.41) is 0. The highest BCUT2D eigenvalue weighted by Crippen LogP contribution is 2.43. The van der Waals surface area contributed by atoms with Gasteiger partial charge >= 0.3 is 19.8 Å². The predicted octanol–water partition coefficient (Wildman–Crippen LogP) is 18.0. The van der Waals surface area contributed by atoms with Gasteiger partial charge in [-0.3, -0.25) is 18.6 Å². The van der Waals surface area contributed by atoms with Crippen LogP contribution in [0.25, 0.3) is 0 Å². The zero-order chi connectivity index (χ0) is 49.5. The van der Waals surface area contributed by atoms with E-state index in [4.69, 9.17) is 24.3 Å². The summed E-state index contributed by atoms with van der Waals surface area (Å²) in [7, 11) is -4.38. The molecule has 0 heterocycles. The molecule has 0 radical (unpaired) electrons. The minimum absolute atomic E-state index is 0.0540. The van der Waals surface area contributed by atoms with E-state index in [0.717, 1.165) is 64.2 Å². The number of unbranched alkanes of at least 4 members (excludes halogenated alkanes) is 36. The maximum absolute atomic E-state index is 12.6. The number of ether oxygens (including phenoxy) is 2. The quantitative estimate of drug-likeness (QED) is 0.0264. The molecule has 0 aromatic carbocycles. The highest BCUT2D eigenvalue weighted by Gasteiger charge is 2.26. The van der Waals surface area contributed by atoms with Gasteiger partial charge in [-0.1, -0.05) is 249 Å². The third-order valence-electron chi connectivity index (χ3n) is 12.7. The molecule has 0 amide bonds. The van der Waals surface area contributed by atoms with Gasteiger partial charge in [-0.25, -0.2) is 4.57 Å². The Balaban J connectivity index is 3.72. The van der Waals surface area contributed by atoms with Crippen LogP contribution in [-0.2, 0) is 32.7 Å². The zero-order valence-electron chi connectivity index (χ0n) is 44.6. The Bertz CT molecular complexity index is 1210. The maximum Gasteiger partial charge on any atom is 0.472 e. The number of phosphoric ester groups is 1. The molecule has 0 rings (SSSR count). The molecular formula is C58H110NO8P. The third kappa shape index (κ3) is 53.6. The van der Waals surface area contributed by atoms with Crippen LogP contribution in [0.15, 0.2) is 36.5 Å². The molecule has 0 saturated carbocycles. The van der Waals surface area contributed by atoms with Gasteiger partial charge in [0.1, 0.15) is 6.61 Å². The second-order valence-electron chi connectivity index (χ2n) is 19.5. The van der Waals surface area contributed by atoms with Crippen LogP contribution in [0.2, 0.25) is 0 Å². The van der Waals surface area contributed by atoms with Crippen molar-refractivity contribution in [1.29, 1.82) is 0 Å². The molecule has 0 saturated heterocycles. The van der Waals surface area contributed by atoms with E-state index < -0.39 is 26.5 Å². The van der Waals surface area contributed by atoms with E-state index in [-0.39, 0.29) is 38.6 Å². The minimum Gasteiger partial charge on any atom is -0.462 e. The van der Waals surface area contributed by atoms with E-state index in [9.17, 15) is 19.0 Å². The number of nitrogens with two attached hydrogens (primary N) is 1. The van der Waals surface area contributed by atoms with E-state index in [1.807, 2.05) is 0 Å². The first kappa shape index (κ1) is 66.2. The highest BCUT2D eigenvalue weighted by molar-refractivity contribution is 7.47. The van der Waals surface area contributed by atoms with Gasteiger partial charge in [0.25, 0.3) is 0 Å². The molecular weight excluding hydrogens is 870 g/mol. The summed E-state index contributed by atoms with van der Waals surface area (Å²) in [5.41, 5.74) is 5.36. The number of rotatable bonds is 55. The summed E-state index contributed by atoms with van der Waals surface area (Å²) in [6.45, 7) is 3.68. The van der Waals surface area contributed by atoms with Gasteiger partial charge in [0, 0.05) is 19.4 Å². The van der Waals surface area contributed by atoms with Crippen LogP contribution in [0.4, 0.5) is 0 Å². The number of hydrogen-bond acceptors (Lipinski definition) is 8. The lowest BCUT2D eigenvalue weighted by molar-refractivity contribution is -0.161. The first-order chi connectivity index (χ1) is 33.3. The Morgan fingerprint density at radius 3 is 1.19 bits per heavy atom. The van der Waals surface area contributed by atoms with Crippen molar-refractivity contribution in [3.05, 3.63) is 36.5 Å². The summed E-state index contributed by atoms with van der Waals surface area (Å²) < 4.78 is 32.9. The SMILES string of the molecule is CCC/C=C\CCCCCCCC(=O)OCC(COP(=O)(O)OCCN)OC(=O)CCCCCCCCCCCCCCCCCCCCCCCCCCC/C=C\C/C=C\CCCCCCC. The molecule has 2 atom stereocenters. The molecule has 10 heteroatoms. The number of carbonyl (C=O) groups is 2. The van der Waals surface area contributed by atoms with Gasteiger partial charge in [-0.15, -0.1) is 0 Å². The molecule has 0 aromatic heterocycles. The number of carbonyl (C=O) groups excluding carboxylic acids is 2. The Morgan fingerprint density at radius 1 is 0.441 bits per heavy atom. The van der Waals surface area contributed by atoms with E-state index in [0.29, 0.717) is 6.42 Å². The average molecular weight is 980 g/mol. The van der Waals surface area contributed by atoms with Gasteiger partial charge in [-0.05, 0) is 64.2 Å². The van der Waals surface area contributed by atoms with Gasteiger partial charge < -0.3 is 20.1 Å². The second-order valence-corrected chi connectivity index (χ2v) is 21.0. The molecule has 0 bridgehead atoms. The highest BCUT2D eigenvalue weighted by atomic mass is 31.2. The summed E-state index contributed by atoms with van der Waals surface area (Å²) in [4.78, 5) is 34.9. The Kier molecular flexibility index (Phi) is 53.1. The Labute approximate surface area is 420 Å². The molecule has 3 N–H and O–H groups in total. The van der Waals surface area contributed by atoms with E-state index in [1.165, 1.54) is 193 Å². The van der Waals surface area contributed by atoms with Crippen molar-refractivity contribution in [3.63, 3.8) is 0 Å². The maximum atomic E-state index is 12.6. The number of esters is 2. The largest absolute Gasteiger partial charge is 0.472 e. The van der Waals surface area contributed by atoms with Crippen molar-refractivity contribution in [3.8, 4) is 0 Å². The van der Waals surface area contributed by atoms with Crippen LogP contribution in [0, 0.1) is 0 Å². The fourth-order valence-corrected chi connectivity index (χ4v) is 9.20. The molecule has 0 spiro atoms. The smallest absolute Gasteiger partial charge is 0.462 e. The lowest BCUT2D eigenvalue weighted by Crippen LogP contribution is -2.29. The fourth-order valence-electron chi connectivity index (χ4n) is 8.44. The summed E-state index contributed by atoms with van der Waals surface area (Å²) in [5.74, 6) is -0.829. The lowest BCUT2D eigenvalue weighted by Gasteiger charge is -2.19. The molecule has 9 nitrogen and oxygen atoms in total. The first-order valence-electron chi connectivity index (χ1n) is 29.0. The first-order valence-corrected chi connectivity index (χ1v) is 30.5. The zero-order valence-corrected chi connectivity index (χ0v) is 45.5. The van der Waals surface area contributed by atoms with Crippen LogP contribution in [-0.4, -0.2) is 49.3 Å². The average Bonchev–Trinajstić information content (AvgIpc) is 3.33. The molecule has 0 fully saturated rings. The van der Waals surface area contributed by atoms with Crippen molar-refractivity contribution in [2.75, 3.05) is 26.4 Å². The Morgan fingerprint density at radius 2 is 0.794 bits per heavy atom. The van der Waals surface area contributed by atoms with E-state index in [1.54, 1.807) is 0 Å². The molecule has 400 valence electrons. The van der Waals surface area contributed by atoms with Gasteiger partial charge in [0.2, 0.25) is 0 Å². The normalized spacial score (nSPS) is 13.3. The predicted molar refractivity (Wildman–Crippen MR) is 289 cm³/mol. The van der Waals surface area contributed by atoms with Gasteiger partial charge in [0.05, 0.1) is 13.2 Å². The van der Waals surface area contributed by atoms with Crippen LogP contribution in [0.3, 0.4) is 0 Å². The van der Waals surface area contributed by atoms with Crippen molar-refractivity contribution in [2.24, 2.45) is 5.73 Å². The summed E-state index contributed by atoms with van der Waals surface area (Å²) in [6, 6.07) is 0. The minimum atomic E-state index is -4.38. The van der Waals surface area contributed by atoms with Crippen LogP contribution in [0.5, 0.6) is 0 Å². The molecule has 0 aliphatic carbocycles. The van der Waals surface area contributed by atoms with Crippen LogP contribution >= 0.6 is 7.82 Å². The van der Waals surface area contributed by atoms with Gasteiger partial charge in [-0.2, -0.15) is 0 Å². The lowest BCUT2D eigenvalue weighted by atomic mass is 10.0. The molecule has 0 aromatic rings. The van der Waals surface area contributed by atoms with Crippen LogP contribution in [0.1, 0.15) is 290 Å². The molecule has 0 aliphatic rings. The van der Waals surface area contributed by atoms with Crippen molar-refractivity contribution < 1.29 is 37.6 Å². The summed E-state index contributed by atoms with van der Waals surface area (Å²) >= 11 is 0. The second kappa shape index (κ2) is 54.6. The third-order valence-corrected chi connectivity index (χ3v) is 13.7. The number of phosphoric acid groups is 1. The molecule has 0 aliphatic heterocycles. The molecule has 68 heavy (non-hydrogen) atoms. The Hall–Kier alpha value is -1.77. The molecule has 2 unspecified atom stereocenters. The summed E-state index contributed by atoms with van der Waals surface area (Å²) in [6.07, 6.45) is 65.3. The van der Waals surface area contributed by atoms with Crippen LogP contribution < -0.4 is 5.73 Å². The van der Waals surface area contributed by atoms with Crippen molar-refractivity contribution >= 4 is 19.8 Å². The number of allylic oxidation sites excluding steroid dienone is 6.